The fourth-order valence-corrected chi connectivity index (χ4v) is 2.33. The lowest BCUT2D eigenvalue weighted by atomic mass is 10.2. The maximum absolute atomic E-state index is 11.6. The predicted octanol–water partition coefficient (Wildman–Crippen LogP) is 1.43. The van der Waals surface area contributed by atoms with E-state index in [1.807, 2.05) is 0 Å². The molecule has 1 aliphatic heterocycles. The summed E-state index contributed by atoms with van der Waals surface area (Å²) in [5, 5.41) is 2.58. The Bertz CT molecular complexity index is 283. The van der Waals surface area contributed by atoms with Gasteiger partial charge in [0.15, 0.2) is 0 Å². The summed E-state index contributed by atoms with van der Waals surface area (Å²) in [6, 6.07) is 0. The van der Waals surface area contributed by atoms with E-state index in [0.717, 1.165) is 18.2 Å². The minimum atomic E-state index is -0.500. The maximum Gasteiger partial charge on any atom is 0.407 e. The number of hydrogen-bond acceptors (Lipinski definition) is 4. The van der Waals surface area contributed by atoms with E-state index in [-0.39, 0.29) is 5.91 Å². The second-order valence-corrected chi connectivity index (χ2v) is 5.95. The van der Waals surface area contributed by atoms with Gasteiger partial charge in [-0.15, -0.1) is 11.8 Å². The topological polar surface area (TPSA) is 58.6 Å². The van der Waals surface area contributed by atoms with Gasteiger partial charge in [-0.25, -0.2) is 4.79 Å². The van der Waals surface area contributed by atoms with E-state index in [1.165, 1.54) is 0 Å². The van der Waals surface area contributed by atoms with Crippen LogP contribution in [-0.4, -0.2) is 47.2 Å². The molecule has 1 saturated heterocycles. The van der Waals surface area contributed by atoms with E-state index in [1.54, 1.807) is 37.4 Å². The van der Waals surface area contributed by atoms with E-state index in [4.69, 9.17) is 4.74 Å². The van der Waals surface area contributed by atoms with Crippen LogP contribution >= 0.6 is 11.8 Å². The number of ether oxygens (including phenoxy) is 1. The van der Waals surface area contributed by atoms with E-state index < -0.39 is 11.7 Å². The SMILES string of the molecule is CC(C)(C)OC(=O)NCCC(=O)N1CCSC1. The van der Waals surface area contributed by atoms with Gasteiger partial charge >= 0.3 is 6.09 Å². The van der Waals surface area contributed by atoms with Crippen LogP contribution in [0.15, 0.2) is 0 Å². The van der Waals surface area contributed by atoms with Gasteiger partial charge in [-0.05, 0) is 20.8 Å². The summed E-state index contributed by atoms with van der Waals surface area (Å²) in [4.78, 5) is 24.7. The lowest BCUT2D eigenvalue weighted by molar-refractivity contribution is -0.129. The molecule has 1 rings (SSSR count). The van der Waals surface area contributed by atoms with Crippen LogP contribution in [0, 0.1) is 0 Å². The van der Waals surface area contributed by atoms with Crippen LogP contribution < -0.4 is 5.32 Å². The van der Waals surface area contributed by atoms with E-state index >= 15 is 0 Å². The predicted molar refractivity (Wildman–Crippen MR) is 67.9 cm³/mol. The van der Waals surface area contributed by atoms with Gasteiger partial charge < -0.3 is 15.0 Å². The Labute approximate surface area is 106 Å². The van der Waals surface area contributed by atoms with E-state index in [2.05, 4.69) is 5.32 Å². The molecule has 0 atom stereocenters. The number of amides is 2. The number of rotatable bonds is 3. The minimum absolute atomic E-state index is 0.0889. The molecule has 2 amide bonds. The Morgan fingerprint density at radius 1 is 1.41 bits per heavy atom. The van der Waals surface area contributed by atoms with Crippen molar-refractivity contribution in [3.63, 3.8) is 0 Å². The highest BCUT2D eigenvalue weighted by Crippen LogP contribution is 2.13. The van der Waals surface area contributed by atoms with E-state index in [0.29, 0.717) is 13.0 Å². The van der Waals surface area contributed by atoms with E-state index in [9.17, 15) is 9.59 Å². The van der Waals surface area contributed by atoms with Crippen molar-refractivity contribution in [2.75, 3.05) is 24.7 Å². The second-order valence-electron chi connectivity index (χ2n) is 4.87. The van der Waals surface area contributed by atoms with Gasteiger partial charge in [-0.3, -0.25) is 4.79 Å². The Balaban J connectivity index is 2.14. The molecule has 0 aromatic carbocycles. The first-order valence-electron chi connectivity index (χ1n) is 5.71. The highest BCUT2D eigenvalue weighted by molar-refractivity contribution is 7.99. The van der Waals surface area contributed by atoms with Crippen LogP contribution in [0.3, 0.4) is 0 Å². The monoisotopic (exact) mass is 260 g/mol. The molecule has 17 heavy (non-hydrogen) atoms. The molecular weight excluding hydrogens is 240 g/mol. The summed E-state index contributed by atoms with van der Waals surface area (Å²) >= 11 is 1.75. The number of carbonyl (C=O) groups excluding carboxylic acids is 2. The lowest BCUT2D eigenvalue weighted by Crippen LogP contribution is -2.36. The maximum atomic E-state index is 11.6. The fraction of sp³-hybridized carbons (Fsp3) is 0.818. The van der Waals surface area contributed by atoms with Gasteiger partial charge in [-0.1, -0.05) is 0 Å². The summed E-state index contributed by atoms with van der Waals surface area (Å²) in [7, 11) is 0. The molecule has 0 aromatic heterocycles. The fourth-order valence-electron chi connectivity index (χ4n) is 1.35. The zero-order valence-corrected chi connectivity index (χ0v) is 11.4. The van der Waals surface area contributed by atoms with Gasteiger partial charge in [0, 0.05) is 25.3 Å². The minimum Gasteiger partial charge on any atom is -0.444 e. The van der Waals surface area contributed by atoms with Crippen molar-refractivity contribution in [1.29, 1.82) is 0 Å². The van der Waals surface area contributed by atoms with Crippen molar-refractivity contribution in [2.24, 2.45) is 0 Å². The number of nitrogens with zero attached hydrogens (tertiary/aromatic N) is 1. The van der Waals surface area contributed by atoms with Crippen molar-refractivity contribution in [1.82, 2.24) is 10.2 Å². The van der Waals surface area contributed by atoms with Crippen LogP contribution in [0.2, 0.25) is 0 Å². The Morgan fingerprint density at radius 3 is 2.65 bits per heavy atom. The summed E-state index contributed by atoms with van der Waals surface area (Å²) in [5.74, 6) is 1.86. The molecule has 0 aromatic rings. The third-order valence-electron chi connectivity index (χ3n) is 2.11. The molecule has 6 heteroatoms. The molecule has 98 valence electrons. The summed E-state index contributed by atoms with van der Waals surface area (Å²) in [6.45, 7) is 6.56. The number of nitrogens with one attached hydrogen (secondary N) is 1. The standard InChI is InChI=1S/C11H20N2O3S/c1-11(2,3)16-10(15)12-5-4-9(14)13-6-7-17-8-13/h4-8H2,1-3H3,(H,12,15). The lowest BCUT2D eigenvalue weighted by Gasteiger charge is -2.20. The molecule has 1 heterocycles. The van der Waals surface area contributed by atoms with Gasteiger partial charge in [0.05, 0.1) is 5.88 Å². The van der Waals surface area contributed by atoms with Crippen LogP contribution in [0.4, 0.5) is 4.79 Å². The van der Waals surface area contributed by atoms with Crippen LogP contribution in [0.25, 0.3) is 0 Å². The van der Waals surface area contributed by atoms with Crippen molar-refractivity contribution >= 4 is 23.8 Å². The quantitative estimate of drug-likeness (QED) is 0.834. The van der Waals surface area contributed by atoms with Gasteiger partial charge in [0.1, 0.15) is 5.60 Å². The van der Waals surface area contributed by atoms with Gasteiger partial charge in [-0.2, -0.15) is 0 Å². The van der Waals surface area contributed by atoms with Crippen molar-refractivity contribution in [2.45, 2.75) is 32.8 Å². The first kappa shape index (κ1) is 14.2. The highest BCUT2D eigenvalue weighted by atomic mass is 32.2. The average molecular weight is 260 g/mol. The van der Waals surface area contributed by atoms with Crippen molar-refractivity contribution in [3.05, 3.63) is 0 Å². The normalized spacial score (nSPS) is 15.8. The molecule has 1 fully saturated rings. The van der Waals surface area contributed by atoms with Gasteiger partial charge in [0.2, 0.25) is 5.91 Å². The highest BCUT2D eigenvalue weighted by Gasteiger charge is 2.19. The molecular formula is C11H20N2O3S. The summed E-state index contributed by atoms with van der Waals surface area (Å²) in [6.07, 6.45) is -0.138. The first-order valence-corrected chi connectivity index (χ1v) is 6.86. The Morgan fingerprint density at radius 2 is 2.12 bits per heavy atom. The third kappa shape index (κ3) is 5.81. The second kappa shape index (κ2) is 6.14. The molecule has 5 nitrogen and oxygen atoms in total. The van der Waals surface area contributed by atoms with Crippen molar-refractivity contribution in [3.8, 4) is 0 Å². The molecule has 1 N–H and O–H groups in total. The Hall–Kier alpha value is -0.910. The first-order chi connectivity index (χ1) is 7.88. The zero-order chi connectivity index (χ0) is 12.9. The molecule has 1 aliphatic rings. The molecule has 0 bridgehead atoms. The smallest absolute Gasteiger partial charge is 0.407 e. The summed E-state index contributed by atoms with van der Waals surface area (Å²) < 4.78 is 5.07. The number of thioether (sulfide) groups is 1. The zero-order valence-electron chi connectivity index (χ0n) is 10.6. The molecule has 0 saturated carbocycles. The van der Waals surface area contributed by atoms with Crippen LogP contribution in [0.5, 0.6) is 0 Å². The third-order valence-corrected chi connectivity index (χ3v) is 3.08. The largest absolute Gasteiger partial charge is 0.444 e. The van der Waals surface area contributed by atoms with Crippen LogP contribution in [0.1, 0.15) is 27.2 Å². The number of carbonyl (C=O) groups is 2. The van der Waals surface area contributed by atoms with Crippen molar-refractivity contribution < 1.29 is 14.3 Å². The number of alkyl carbamates (subject to hydrolysis) is 1. The van der Waals surface area contributed by atoms with Gasteiger partial charge in [0.25, 0.3) is 0 Å². The average Bonchev–Trinajstić information content (AvgIpc) is 2.66. The number of hydrogen-bond donors (Lipinski definition) is 1. The van der Waals surface area contributed by atoms with Crippen LogP contribution in [-0.2, 0) is 9.53 Å². The Kier molecular flexibility index (Phi) is 5.11. The molecule has 0 unspecified atom stereocenters. The summed E-state index contributed by atoms with van der Waals surface area (Å²) in [5.41, 5.74) is -0.500. The molecule has 0 radical (unpaired) electrons. The molecule has 0 spiro atoms. The molecule has 0 aliphatic carbocycles.